The van der Waals surface area contributed by atoms with E-state index in [4.69, 9.17) is 5.73 Å². The summed E-state index contributed by atoms with van der Waals surface area (Å²) < 4.78 is 0. The van der Waals surface area contributed by atoms with Crippen molar-refractivity contribution in [1.29, 1.82) is 0 Å². The Bertz CT molecular complexity index is 341. The summed E-state index contributed by atoms with van der Waals surface area (Å²) in [5, 5.41) is 3.22. The van der Waals surface area contributed by atoms with Gasteiger partial charge in [0.05, 0.1) is 0 Å². The Morgan fingerprint density at radius 3 is 2.65 bits per heavy atom. The van der Waals surface area contributed by atoms with Crippen LogP contribution in [0.2, 0.25) is 0 Å². The van der Waals surface area contributed by atoms with Crippen LogP contribution >= 0.6 is 11.3 Å². The number of hydrogen-bond acceptors (Lipinski definition) is 5. The number of piperazine rings is 1. The Balaban J connectivity index is 1.56. The van der Waals surface area contributed by atoms with Crippen molar-refractivity contribution in [2.75, 3.05) is 37.6 Å². The Hall–Kier alpha value is -0.650. The monoisotopic (exact) mass is 252 g/mol. The van der Waals surface area contributed by atoms with Crippen LogP contribution < -0.4 is 10.6 Å². The average Bonchev–Trinajstić information content (AvgIpc) is 3.05. The predicted octanol–water partition coefficient (Wildman–Crippen LogP) is 1.00. The molecular weight excluding hydrogens is 232 g/mol. The zero-order chi connectivity index (χ0) is 11.7. The minimum absolute atomic E-state index is 0.633. The van der Waals surface area contributed by atoms with E-state index in [1.807, 2.05) is 6.20 Å². The number of anilines is 1. The van der Waals surface area contributed by atoms with Crippen molar-refractivity contribution in [2.45, 2.75) is 18.9 Å². The lowest BCUT2D eigenvalue weighted by Gasteiger charge is -2.39. The summed E-state index contributed by atoms with van der Waals surface area (Å²) in [6, 6.07) is 0.633. The minimum atomic E-state index is 0.633. The largest absolute Gasteiger partial charge is 0.346 e. The van der Waals surface area contributed by atoms with Gasteiger partial charge in [-0.2, -0.15) is 0 Å². The summed E-state index contributed by atoms with van der Waals surface area (Å²) in [4.78, 5) is 9.35. The van der Waals surface area contributed by atoms with E-state index in [1.54, 1.807) is 11.3 Å². The van der Waals surface area contributed by atoms with Crippen LogP contribution in [0.15, 0.2) is 11.6 Å². The van der Waals surface area contributed by atoms with Gasteiger partial charge in [-0.3, -0.25) is 4.90 Å². The summed E-state index contributed by atoms with van der Waals surface area (Å²) in [7, 11) is 0. The first kappa shape index (κ1) is 11.4. The first-order valence-electron chi connectivity index (χ1n) is 6.47. The Kier molecular flexibility index (Phi) is 3.31. The molecule has 1 aromatic heterocycles. The van der Waals surface area contributed by atoms with Crippen molar-refractivity contribution in [3.05, 3.63) is 11.6 Å². The third kappa shape index (κ3) is 2.46. The highest BCUT2D eigenvalue weighted by molar-refractivity contribution is 7.13. The van der Waals surface area contributed by atoms with E-state index >= 15 is 0 Å². The van der Waals surface area contributed by atoms with Gasteiger partial charge in [-0.05, 0) is 18.8 Å². The summed E-state index contributed by atoms with van der Waals surface area (Å²) >= 11 is 1.74. The topological polar surface area (TPSA) is 45.4 Å². The lowest BCUT2D eigenvalue weighted by molar-refractivity contribution is 0.171. The molecule has 0 radical (unpaired) electrons. The molecule has 1 atom stereocenters. The zero-order valence-corrected chi connectivity index (χ0v) is 10.9. The van der Waals surface area contributed by atoms with Crippen molar-refractivity contribution < 1.29 is 0 Å². The standard InChI is InChI=1S/C12H20N4S/c13-9-11(10-1-2-10)15-4-6-16(7-5-15)12-14-3-8-17-12/h3,8,10-11H,1-2,4-7,9,13H2. The van der Waals surface area contributed by atoms with Gasteiger partial charge in [0.15, 0.2) is 5.13 Å². The van der Waals surface area contributed by atoms with Gasteiger partial charge in [-0.25, -0.2) is 4.98 Å². The molecule has 0 spiro atoms. The summed E-state index contributed by atoms with van der Waals surface area (Å²) in [5.41, 5.74) is 5.91. The van der Waals surface area contributed by atoms with Crippen LogP contribution in [0.4, 0.5) is 5.13 Å². The van der Waals surface area contributed by atoms with E-state index in [-0.39, 0.29) is 0 Å². The normalized spacial score (nSPS) is 23.9. The third-order valence-electron chi connectivity index (χ3n) is 3.88. The van der Waals surface area contributed by atoms with Gasteiger partial charge < -0.3 is 10.6 Å². The van der Waals surface area contributed by atoms with E-state index in [9.17, 15) is 0 Å². The second-order valence-corrected chi connectivity index (χ2v) is 5.85. The first-order chi connectivity index (χ1) is 8.38. The van der Waals surface area contributed by atoms with E-state index < -0.39 is 0 Å². The molecule has 1 unspecified atom stereocenters. The Morgan fingerprint density at radius 1 is 1.35 bits per heavy atom. The van der Waals surface area contributed by atoms with E-state index in [2.05, 4.69) is 20.2 Å². The first-order valence-corrected chi connectivity index (χ1v) is 7.35. The van der Waals surface area contributed by atoms with Crippen LogP contribution in [0.25, 0.3) is 0 Å². The molecule has 1 saturated carbocycles. The molecule has 2 aliphatic rings. The van der Waals surface area contributed by atoms with Crippen LogP contribution in [0, 0.1) is 5.92 Å². The lowest BCUT2D eigenvalue weighted by atomic mass is 10.1. The van der Waals surface area contributed by atoms with Gasteiger partial charge in [-0.1, -0.05) is 0 Å². The van der Waals surface area contributed by atoms with E-state index in [1.165, 1.54) is 18.0 Å². The molecule has 1 saturated heterocycles. The van der Waals surface area contributed by atoms with Gasteiger partial charge in [0, 0.05) is 50.3 Å². The highest BCUT2D eigenvalue weighted by atomic mass is 32.1. The van der Waals surface area contributed by atoms with Gasteiger partial charge in [0.2, 0.25) is 0 Å². The molecule has 0 aromatic carbocycles. The number of thiazole rings is 1. The molecule has 2 N–H and O–H groups in total. The molecule has 4 nitrogen and oxygen atoms in total. The smallest absolute Gasteiger partial charge is 0.185 e. The quantitative estimate of drug-likeness (QED) is 0.868. The molecule has 2 fully saturated rings. The molecule has 0 amide bonds. The number of nitrogens with two attached hydrogens (primary N) is 1. The van der Waals surface area contributed by atoms with Crippen molar-refractivity contribution in [2.24, 2.45) is 11.7 Å². The molecule has 3 rings (SSSR count). The maximum absolute atomic E-state index is 5.91. The molecule has 17 heavy (non-hydrogen) atoms. The van der Waals surface area contributed by atoms with Gasteiger partial charge >= 0.3 is 0 Å². The summed E-state index contributed by atoms with van der Waals surface area (Å²) in [5.74, 6) is 0.881. The predicted molar refractivity (Wildman–Crippen MR) is 71.5 cm³/mol. The minimum Gasteiger partial charge on any atom is -0.346 e. The molecule has 5 heteroatoms. The molecule has 1 aliphatic heterocycles. The number of nitrogens with zero attached hydrogens (tertiary/aromatic N) is 3. The van der Waals surface area contributed by atoms with Crippen LogP contribution in [0.1, 0.15) is 12.8 Å². The highest BCUT2D eigenvalue weighted by Gasteiger charge is 2.35. The fourth-order valence-corrected chi connectivity index (χ4v) is 3.43. The molecule has 1 aliphatic carbocycles. The fraction of sp³-hybridized carbons (Fsp3) is 0.750. The van der Waals surface area contributed by atoms with Crippen molar-refractivity contribution in [3.8, 4) is 0 Å². The number of aromatic nitrogens is 1. The molecule has 2 heterocycles. The maximum Gasteiger partial charge on any atom is 0.185 e. The average molecular weight is 252 g/mol. The van der Waals surface area contributed by atoms with Crippen LogP contribution in [0.3, 0.4) is 0 Å². The van der Waals surface area contributed by atoms with E-state index in [0.29, 0.717) is 6.04 Å². The van der Waals surface area contributed by atoms with Gasteiger partial charge in [-0.15, -0.1) is 11.3 Å². The molecular formula is C12H20N4S. The molecule has 94 valence electrons. The van der Waals surface area contributed by atoms with Crippen LogP contribution in [-0.2, 0) is 0 Å². The van der Waals surface area contributed by atoms with Crippen molar-refractivity contribution in [3.63, 3.8) is 0 Å². The van der Waals surface area contributed by atoms with Crippen molar-refractivity contribution >= 4 is 16.5 Å². The van der Waals surface area contributed by atoms with Gasteiger partial charge in [0.1, 0.15) is 0 Å². The zero-order valence-electron chi connectivity index (χ0n) is 10.1. The highest BCUT2D eigenvalue weighted by Crippen LogP contribution is 2.35. The maximum atomic E-state index is 5.91. The second-order valence-electron chi connectivity index (χ2n) is 4.98. The molecule has 0 bridgehead atoms. The van der Waals surface area contributed by atoms with Crippen molar-refractivity contribution in [1.82, 2.24) is 9.88 Å². The van der Waals surface area contributed by atoms with Crippen LogP contribution in [-0.4, -0.2) is 48.6 Å². The summed E-state index contributed by atoms with van der Waals surface area (Å²) in [6.45, 7) is 5.28. The third-order valence-corrected chi connectivity index (χ3v) is 4.71. The number of hydrogen-bond donors (Lipinski definition) is 1. The second kappa shape index (κ2) is 4.92. The SMILES string of the molecule is NCC(C1CC1)N1CCN(c2nccs2)CC1. The number of rotatable bonds is 4. The Labute approximate surface area is 106 Å². The Morgan fingerprint density at radius 2 is 2.12 bits per heavy atom. The van der Waals surface area contributed by atoms with Crippen LogP contribution in [0.5, 0.6) is 0 Å². The lowest BCUT2D eigenvalue weighted by Crippen LogP contribution is -2.53. The van der Waals surface area contributed by atoms with E-state index in [0.717, 1.165) is 38.6 Å². The summed E-state index contributed by atoms with van der Waals surface area (Å²) in [6.07, 6.45) is 4.66. The van der Waals surface area contributed by atoms with Gasteiger partial charge in [0.25, 0.3) is 0 Å². The molecule has 1 aromatic rings. The fourth-order valence-electron chi connectivity index (χ4n) is 2.74.